The van der Waals surface area contributed by atoms with Gasteiger partial charge in [0.1, 0.15) is 5.75 Å². The number of halogens is 2. The zero-order chi connectivity index (χ0) is 17.6. The Labute approximate surface area is 173 Å². The van der Waals surface area contributed by atoms with Gasteiger partial charge in [-0.25, -0.2) is 0 Å². The Kier molecular flexibility index (Phi) is 15.1. The third-order valence-electron chi connectivity index (χ3n) is 3.44. The van der Waals surface area contributed by atoms with E-state index in [1.165, 1.54) is 0 Å². The Morgan fingerprint density at radius 2 is 1.84 bits per heavy atom. The molecule has 2 N–H and O–H groups in total. The van der Waals surface area contributed by atoms with E-state index in [1.54, 1.807) is 7.05 Å². The van der Waals surface area contributed by atoms with Gasteiger partial charge in [0, 0.05) is 38.4 Å². The number of unbranched alkanes of at least 4 members (excludes halogenated alkanes) is 1. The van der Waals surface area contributed by atoms with Crippen LogP contribution < -0.4 is 15.4 Å². The van der Waals surface area contributed by atoms with E-state index in [4.69, 9.17) is 21.1 Å². The van der Waals surface area contributed by atoms with Crippen LogP contribution in [0, 0.1) is 6.92 Å². The van der Waals surface area contributed by atoms with Gasteiger partial charge in [0.25, 0.3) is 0 Å². The number of hydrogen-bond acceptors (Lipinski definition) is 3. The van der Waals surface area contributed by atoms with Gasteiger partial charge in [-0.2, -0.15) is 0 Å². The minimum Gasteiger partial charge on any atom is -0.493 e. The highest BCUT2D eigenvalue weighted by Crippen LogP contribution is 2.21. The predicted octanol–water partition coefficient (Wildman–Crippen LogP) is 4.02. The molecule has 144 valence electrons. The van der Waals surface area contributed by atoms with E-state index in [1.807, 2.05) is 32.0 Å². The highest BCUT2D eigenvalue weighted by Gasteiger charge is 2.01. The Hall–Kier alpha value is -0.730. The molecule has 1 aromatic rings. The lowest BCUT2D eigenvalue weighted by molar-refractivity contribution is 0.143. The van der Waals surface area contributed by atoms with E-state index in [9.17, 15) is 0 Å². The fraction of sp³-hybridized carbons (Fsp3) is 0.611. The third kappa shape index (κ3) is 11.5. The van der Waals surface area contributed by atoms with E-state index < -0.39 is 0 Å². The van der Waals surface area contributed by atoms with Crippen LogP contribution in [0.1, 0.15) is 31.7 Å². The number of benzene rings is 1. The first-order valence-electron chi connectivity index (χ1n) is 8.58. The highest BCUT2D eigenvalue weighted by atomic mass is 127. The average molecular weight is 484 g/mol. The molecule has 0 unspecified atom stereocenters. The summed E-state index contributed by atoms with van der Waals surface area (Å²) in [7, 11) is 1.78. The number of nitrogens with zero attached hydrogens (tertiary/aromatic N) is 1. The zero-order valence-electron chi connectivity index (χ0n) is 15.4. The summed E-state index contributed by atoms with van der Waals surface area (Å²) < 4.78 is 11.1. The molecule has 7 heteroatoms. The van der Waals surface area contributed by atoms with E-state index in [-0.39, 0.29) is 24.0 Å². The maximum absolute atomic E-state index is 5.94. The normalized spacial score (nSPS) is 11.0. The van der Waals surface area contributed by atoms with Gasteiger partial charge in [-0.1, -0.05) is 11.6 Å². The van der Waals surface area contributed by atoms with Crippen LogP contribution in [0.25, 0.3) is 0 Å². The van der Waals surface area contributed by atoms with Crippen molar-refractivity contribution in [2.24, 2.45) is 4.99 Å². The predicted molar refractivity (Wildman–Crippen MR) is 117 cm³/mol. The number of rotatable bonds is 11. The molecule has 0 aliphatic rings. The van der Waals surface area contributed by atoms with Gasteiger partial charge in [0.15, 0.2) is 5.96 Å². The van der Waals surface area contributed by atoms with Crippen LogP contribution in [0.3, 0.4) is 0 Å². The summed E-state index contributed by atoms with van der Waals surface area (Å²) in [4.78, 5) is 4.21. The molecule has 0 heterocycles. The molecule has 5 nitrogen and oxygen atoms in total. The Bertz CT molecular complexity index is 501. The molecule has 0 atom stereocenters. The monoisotopic (exact) mass is 483 g/mol. The van der Waals surface area contributed by atoms with E-state index in [0.717, 1.165) is 67.9 Å². The molecular formula is C18H31ClIN3O2. The number of nitrogens with one attached hydrogen (secondary N) is 2. The van der Waals surface area contributed by atoms with Crippen molar-refractivity contribution in [1.29, 1.82) is 0 Å². The maximum Gasteiger partial charge on any atom is 0.190 e. The second kappa shape index (κ2) is 15.5. The molecule has 0 radical (unpaired) electrons. The second-order valence-corrected chi connectivity index (χ2v) is 5.88. The van der Waals surface area contributed by atoms with Crippen LogP contribution in [0.15, 0.2) is 23.2 Å². The summed E-state index contributed by atoms with van der Waals surface area (Å²) >= 11 is 5.94. The van der Waals surface area contributed by atoms with E-state index in [2.05, 4.69) is 15.6 Å². The summed E-state index contributed by atoms with van der Waals surface area (Å²) in [6.07, 6.45) is 3.03. The summed E-state index contributed by atoms with van der Waals surface area (Å²) in [5.74, 6) is 1.71. The average Bonchev–Trinajstić information content (AvgIpc) is 2.57. The highest BCUT2D eigenvalue weighted by molar-refractivity contribution is 14.0. The largest absolute Gasteiger partial charge is 0.493 e. The number of ether oxygens (including phenoxy) is 2. The second-order valence-electron chi connectivity index (χ2n) is 5.44. The van der Waals surface area contributed by atoms with Gasteiger partial charge >= 0.3 is 0 Å². The lowest BCUT2D eigenvalue weighted by Gasteiger charge is -2.13. The van der Waals surface area contributed by atoms with Gasteiger partial charge in [0.2, 0.25) is 0 Å². The van der Waals surface area contributed by atoms with Crippen molar-refractivity contribution < 1.29 is 9.47 Å². The minimum atomic E-state index is 0. The van der Waals surface area contributed by atoms with Crippen molar-refractivity contribution in [2.75, 3.05) is 40.0 Å². The van der Waals surface area contributed by atoms with Crippen LogP contribution in [-0.4, -0.2) is 45.9 Å². The van der Waals surface area contributed by atoms with Crippen molar-refractivity contribution >= 4 is 41.5 Å². The smallest absolute Gasteiger partial charge is 0.190 e. The van der Waals surface area contributed by atoms with Crippen molar-refractivity contribution in [3.63, 3.8) is 0 Å². The summed E-state index contributed by atoms with van der Waals surface area (Å²) in [5.41, 5.74) is 1.06. The number of aryl methyl sites for hydroxylation is 1. The van der Waals surface area contributed by atoms with Gasteiger partial charge in [-0.15, -0.1) is 24.0 Å². The van der Waals surface area contributed by atoms with Crippen LogP contribution in [0.4, 0.5) is 0 Å². The van der Waals surface area contributed by atoms with Crippen LogP contribution >= 0.6 is 35.6 Å². The fourth-order valence-electron chi connectivity index (χ4n) is 2.14. The lowest BCUT2D eigenvalue weighted by Crippen LogP contribution is -2.38. The van der Waals surface area contributed by atoms with Crippen molar-refractivity contribution in [1.82, 2.24) is 10.6 Å². The standard InChI is InChI=1S/C18H30ClN3O2.HI/c1-4-23-12-6-5-10-21-18(20-3)22-11-7-13-24-17-9-8-16(19)14-15(17)2;/h8-9,14H,4-7,10-13H2,1-3H3,(H2,20,21,22);1H. The van der Waals surface area contributed by atoms with Crippen LogP contribution in [0.5, 0.6) is 5.75 Å². The zero-order valence-corrected chi connectivity index (χ0v) is 18.5. The summed E-state index contributed by atoms with van der Waals surface area (Å²) in [5, 5.41) is 7.32. The van der Waals surface area contributed by atoms with Crippen molar-refractivity contribution in [3.8, 4) is 5.75 Å². The first-order chi connectivity index (χ1) is 11.7. The molecule has 0 aliphatic heterocycles. The molecule has 0 spiro atoms. The quantitative estimate of drug-likeness (QED) is 0.216. The number of aliphatic imine (C=N–C) groups is 1. The summed E-state index contributed by atoms with van der Waals surface area (Å²) in [6, 6.07) is 5.67. The minimum absolute atomic E-state index is 0. The number of hydrogen-bond donors (Lipinski definition) is 2. The third-order valence-corrected chi connectivity index (χ3v) is 3.68. The molecule has 1 aromatic carbocycles. The molecule has 0 amide bonds. The van der Waals surface area contributed by atoms with Gasteiger partial charge < -0.3 is 20.1 Å². The molecule has 0 saturated heterocycles. The molecular weight excluding hydrogens is 453 g/mol. The Morgan fingerprint density at radius 3 is 2.48 bits per heavy atom. The van der Waals surface area contributed by atoms with Crippen LogP contribution in [0.2, 0.25) is 5.02 Å². The Morgan fingerprint density at radius 1 is 1.12 bits per heavy atom. The molecule has 1 rings (SSSR count). The molecule has 0 aliphatic carbocycles. The van der Waals surface area contributed by atoms with Crippen molar-refractivity contribution in [2.45, 2.75) is 33.1 Å². The maximum atomic E-state index is 5.94. The van der Waals surface area contributed by atoms with Gasteiger partial charge in [-0.3, -0.25) is 4.99 Å². The lowest BCUT2D eigenvalue weighted by atomic mass is 10.2. The van der Waals surface area contributed by atoms with Crippen molar-refractivity contribution in [3.05, 3.63) is 28.8 Å². The molecule has 25 heavy (non-hydrogen) atoms. The molecule has 0 aromatic heterocycles. The first-order valence-corrected chi connectivity index (χ1v) is 8.96. The molecule has 0 saturated carbocycles. The molecule has 0 fully saturated rings. The topological polar surface area (TPSA) is 54.9 Å². The van der Waals surface area contributed by atoms with Crippen LogP contribution in [-0.2, 0) is 4.74 Å². The van der Waals surface area contributed by atoms with E-state index in [0.29, 0.717) is 6.61 Å². The van der Waals surface area contributed by atoms with E-state index >= 15 is 0 Å². The van der Waals surface area contributed by atoms with Gasteiger partial charge in [0.05, 0.1) is 6.61 Å². The summed E-state index contributed by atoms with van der Waals surface area (Å²) in [6.45, 7) is 7.98. The SMILES string of the molecule is CCOCCCCNC(=NC)NCCCOc1ccc(Cl)cc1C.I. The molecule has 0 bridgehead atoms. The fourth-order valence-corrected chi connectivity index (χ4v) is 2.36. The van der Waals surface area contributed by atoms with Gasteiger partial charge in [-0.05, 0) is 56.9 Å². The first kappa shape index (κ1) is 24.3. The number of guanidine groups is 1. The Balaban J connectivity index is 0.00000576.